The molecule has 26 heavy (non-hydrogen) atoms. The molecule has 0 spiro atoms. The van der Waals surface area contributed by atoms with Gasteiger partial charge in [-0.1, -0.05) is 69.5 Å². The molecule has 1 aromatic rings. The van der Waals surface area contributed by atoms with Crippen molar-refractivity contribution in [2.75, 3.05) is 13.2 Å². The summed E-state index contributed by atoms with van der Waals surface area (Å²) in [6.07, 6.45) is 11.6. The Bertz CT molecular complexity index is 552. The Kier molecular flexibility index (Phi) is 6.88. The van der Waals surface area contributed by atoms with Crippen molar-refractivity contribution < 1.29 is 13.9 Å². The molecule has 2 nitrogen and oxygen atoms in total. The van der Waals surface area contributed by atoms with Crippen LogP contribution in [0.2, 0.25) is 0 Å². The van der Waals surface area contributed by atoms with Gasteiger partial charge in [0, 0.05) is 5.56 Å². The van der Waals surface area contributed by atoms with Crippen molar-refractivity contribution in [3.8, 4) is 0 Å². The Morgan fingerprint density at radius 1 is 1.04 bits per heavy atom. The van der Waals surface area contributed by atoms with E-state index in [0.29, 0.717) is 5.92 Å². The molecule has 1 aliphatic carbocycles. The topological polar surface area (TPSA) is 18.5 Å². The third-order valence-corrected chi connectivity index (χ3v) is 6.06. The SMILES string of the molecule is C=CC1(F)COC(c2ccc(C3CCC(CCCCC)CC3)cc2)OC1. The molecule has 0 amide bonds. The third kappa shape index (κ3) is 4.95. The van der Waals surface area contributed by atoms with Crippen molar-refractivity contribution in [1.82, 2.24) is 0 Å². The molecule has 1 saturated heterocycles. The van der Waals surface area contributed by atoms with Gasteiger partial charge in [-0.25, -0.2) is 4.39 Å². The van der Waals surface area contributed by atoms with Crippen LogP contribution in [0.1, 0.15) is 81.6 Å². The Labute approximate surface area is 157 Å². The van der Waals surface area contributed by atoms with Gasteiger partial charge in [-0.3, -0.25) is 0 Å². The van der Waals surface area contributed by atoms with Crippen molar-refractivity contribution in [2.24, 2.45) is 5.92 Å². The number of benzene rings is 1. The van der Waals surface area contributed by atoms with E-state index in [1.54, 1.807) is 0 Å². The number of ether oxygens (including phenoxy) is 2. The van der Waals surface area contributed by atoms with Gasteiger partial charge >= 0.3 is 0 Å². The molecule has 0 atom stereocenters. The van der Waals surface area contributed by atoms with Crippen LogP contribution in [0.15, 0.2) is 36.9 Å². The fourth-order valence-corrected chi connectivity index (χ4v) is 4.22. The minimum absolute atomic E-state index is 0.00492. The lowest BCUT2D eigenvalue weighted by molar-refractivity contribution is -0.226. The average Bonchev–Trinajstić information content (AvgIpc) is 2.70. The fraction of sp³-hybridized carbons (Fsp3) is 0.652. The maximum absolute atomic E-state index is 14.1. The minimum atomic E-state index is -1.56. The van der Waals surface area contributed by atoms with Crippen LogP contribution in [0, 0.1) is 5.92 Å². The molecular formula is C23H33FO2. The second-order valence-electron chi connectivity index (χ2n) is 8.07. The smallest absolute Gasteiger partial charge is 0.184 e. The summed E-state index contributed by atoms with van der Waals surface area (Å²) in [5, 5.41) is 0. The Balaban J connectivity index is 1.49. The molecule has 0 N–H and O–H groups in total. The molecule has 0 aromatic heterocycles. The Hall–Kier alpha value is -1.19. The van der Waals surface area contributed by atoms with Gasteiger partial charge in [0.2, 0.25) is 0 Å². The first-order valence-electron chi connectivity index (χ1n) is 10.3. The van der Waals surface area contributed by atoms with Gasteiger partial charge < -0.3 is 9.47 Å². The van der Waals surface area contributed by atoms with Gasteiger partial charge in [0.1, 0.15) is 0 Å². The van der Waals surface area contributed by atoms with Crippen molar-refractivity contribution in [3.05, 3.63) is 48.0 Å². The van der Waals surface area contributed by atoms with E-state index in [1.165, 1.54) is 63.0 Å². The molecule has 3 heteroatoms. The van der Waals surface area contributed by atoms with E-state index in [9.17, 15) is 4.39 Å². The van der Waals surface area contributed by atoms with E-state index in [1.807, 2.05) is 0 Å². The van der Waals surface area contributed by atoms with E-state index in [0.717, 1.165) is 11.5 Å². The molecule has 0 bridgehead atoms. The van der Waals surface area contributed by atoms with Gasteiger partial charge in [0.15, 0.2) is 12.0 Å². The van der Waals surface area contributed by atoms with Crippen LogP contribution in [0.4, 0.5) is 4.39 Å². The predicted octanol–water partition coefficient (Wildman–Crippen LogP) is 6.48. The highest BCUT2D eigenvalue weighted by Gasteiger charge is 2.34. The Morgan fingerprint density at radius 2 is 1.65 bits per heavy atom. The van der Waals surface area contributed by atoms with Crippen LogP contribution in [-0.4, -0.2) is 18.9 Å². The number of halogens is 1. The zero-order valence-electron chi connectivity index (χ0n) is 16.1. The minimum Gasteiger partial charge on any atom is -0.345 e. The van der Waals surface area contributed by atoms with Crippen LogP contribution in [0.3, 0.4) is 0 Å². The normalized spacial score (nSPS) is 32.3. The molecule has 1 aromatic carbocycles. The number of alkyl halides is 1. The molecular weight excluding hydrogens is 327 g/mol. The molecule has 1 aliphatic heterocycles. The number of rotatable bonds is 7. The van der Waals surface area contributed by atoms with Crippen molar-refractivity contribution in [3.63, 3.8) is 0 Å². The monoisotopic (exact) mass is 360 g/mol. The van der Waals surface area contributed by atoms with E-state index >= 15 is 0 Å². The molecule has 0 unspecified atom stereocenters. The van der Waals surface area contributed by atoms with Gasteiger partial charge in [-0.05, 0) is 43.1 Å². The molecule has 0 radical (unpaired) electrons. The molecule has 1 saturated carbocycles. The quantitative estimate of drug-likeness (QED) is 0.409. The summed E-state index contributed by atoms with van der Waals surface area (Å²) in [7, 11) is 0. The number of unbranched alkanes of at least 4 members (excludes halogenated alkanes) is 2. The Morgan fingerprint density at radius 3 is 2.23 bits per heavy atom. The summed E-state index contributed by atoms with van der Waals surface area (Å²) < 4.78 is 25.2. The molecule has 2 aliphatic rings. The van der Waals surface area contributed by atoms with Gasteiger partial charge in [0.05, 0.1) is 13.2 Å². The first kappa shape index (κ1) is 19.6. The number of hydrogen-bond donors (Lipinski definition) is 0. The molecule has 2 fully saturated rings. The summed E-state index contributed by atoms with van der Waals surface area (Å²) in [5.41, 5.74) is 0.822. The van der Waals surface area contributed by atoms with Crippen LogP contribution in [0.25, 0.3) is 0 Å². The zero-order chi connectivity index (χ0) is 18.4. The lowest BCUT2D eigenvalue weighted by Crippen LogP contribution is -2.39. The van der Waals surface area contributed by atoms with Gasteiger partial charge in [-0.2, -0.15) is 0 Å². The highest BCUT2D eigenvalue weighted by molar-refractivity contribution is 5.27. The number of hydrogen-bond acceptors (Lipinski definition) is 2. The van der Waals surface area contributed by atoms with Crippen LogP contribution < -0.4 is 0 Å². The second kappa shape index (κ2) is 9.14. The lowest BCUT2D eigenvalue weighted by atomic mass is 9.77. The third-order valence-electron chi connectivity index (χ3n) is 6.06. The summed E-state index contributed by atoms with van der Waals surface area (Å²) in [6, 6.07) is 8.56. The van der Waals surface area contributed by atoms with E-state index < -0.39 is 12.0 Å². The lowest BCUT2D eigenvalue weighted by Gasteiger charge is -2.32. The molecule has 3 rings (SSSR count). The van der Waals surface area contributed by atoms with Crippen LogP contribution in [0.5, 0.6) is 0 Å². The summed E-state index contributed by atoms with van der Waals surface area (Å²) in [4.78, 5) is 0. The summed E-state index contributed by atoms with van der Waals surface area (Å²) in [5.74, 6) is 1.62. The van der Waals surface area contributed by atoms with Gasteiger partial charge in [0.25, 0.3) is 0 Å². The van der Waals surface area contributed by atoms with Gasteiger partial charge in [-0.15, -0.1) is 0 Å². The summed E-state index contributed by atoms with van der Waals surface area (Å²) in [6.45, 7) is 5.79. The van der Waals surface area contributed by atoms with E-state index in [2.05, 4.69) is 37.8 Å². The summed E-state index contributed by atoms with van der Waals surface area (Å²) >= 11 is 0. The maximum atomic E-state index is 14.1. The zero-order valence-corrected chi connectivity index (χ0v) is 16.1. The maximum Gasteiger partial charge on any atom is 0.184 e. The van der Waals surface area contributed by atoms with Crippen molar-refractivity contribution in [2.45, 2.75) is 76.2 Å². The highest BCUT2D eigenvalue weighted by atomic mass is 19.1. The second-order valence-corrected chi connectivity index (χ2v) is 8.07. The average molecular weight is 361 g/mol. The first-order chi connectivity index (χ1) is 12.6. The van der Waals surface area contributed by atoms with Crippen LogP contribution in [-0.2, 0) is 9.47 Å². The van der Waals surface area contributed by atoms with Crippen molar-refractivity contribution in [1.29, 1.82) is 0 Å². The fourth-order valence-electron chi connectivity index (χ4n) is 4.22. The van der Waals surface area contributed by atoms with E-state index in [-0.39, 0.29) is 13.2 Å². The van der Waals surface area contributed by atoms with Crippen LogP contribution >= 0.6 is 0 Å². The predicted molar refractivity (Wildman–Crippen MR) is 104 cm³/mol. The van der Waals surface area contributed by atoms with Crippen molar-refractivity contribution >= 4 is 0 Å². The molecule has 144 valence electrons. The largest absolute Gasteiger partial charge is 0.345 e. The highest BCUT2D eigenvalue weighted by Crippen LogP contribution is 2.38. The standard InChI is InChI=1S/C23H33FO2/c1-3-5-6-7-18-8-10-19(11-9-18)20-12-14-21(15-13-20)22-25-16-23(24,4-2)17-26-22/h4,12-15,18-19,22H,2-3,5-11,16-17H2,1H3. The molecule has 1 heterocycles. The first-order valence-corrected chi connectivity index (χ1v) is 10.3. The van der Waals surface area contributed by atoms with E-state index in [4.69, 9.17) is 9.47 Å².